The second kappa shape index (κ2) is 9.35. The summed E-state index contributed by atoms with van der Waals surface area (Å²) in [7, 11) is 1.60. The third-order valence-corrected chi connectivity index (χ3v) is 5.47. The third-order valence-electron chi connectivity index (χ3n) is 4.52. The van der Waals surface area contributed by atoms with Gasteiger partial charge in [-0.15, -0.1) is 11.3 Å². The molecule has 1 heterocycles. The Bertz CT molecular complexity index is 860. The lowest BCUT2D eigenvalue weighted by Crippen LogP contribution is -2.87. The first kappa shape index (κ1) is 19.1. The summed E-state index contributed by atoms with van der Waals surface area (Å²) in [6.45, 7) is 2.48. The molecule has 2 aromatic carbocycles. The van der Waals surface area contributed by atoms with Crippen LogP contribution in [0, 0.1) is 0 Å². The summed E-state index contributed by atoms with van der Waals surface area (Å²) in [6.07, 6.45) is 1.02. The number of methoxy groups -OCH3 is 1. The fraction of sp³-hybridized carbons (Fsp3) is 0.227. The highest BCUT2D eigenvalue weighted by Gasteiger charge is 2.20. The summed E-state index contributed by atoms with van der Waals surface area (Å²) < 4.78 is 5.30. The zero-order valence-corrected chi connectivity index (χ0v) is 16.5. The Morgan fingerprint density at radius 2 is 1.89 bits per heavy atom. The van der Waals surface area contributed by atoms with Crippen LogP contribution in [0.4, 0.5) is 5.69 Å². The standard InChI is InChI=1S/C22H24N2O2S/c1-3-16-10-12-17(13-11-16)22(20-9-6-14-27-20)23-15-21(25)24-18-7-4-5-8-19(18)26-2/h4-14,22-23H,3,15H2,1-2H3,(H,24,25)/p+1/t22-/m0/s1. The Labute approximate surface area is 164 Å². The highest BCUT2D eigenvalue weighted by molar-refractivity contribution is 7.10. The normalized spacial score (nSPS) is 11.8. The van der Waals surface area contributed by atoms with Crippen LogP contribution < -0.4 is 15.4 Å². The molecule has 5 heteroatoms. The minimum atomic E-state index is -0.0498. The lowest BCUT2D eigenvalue weighted by molar-refractivity contribution is -0.675. The van der Waals surface area contributed by atoms with Crippen LogP contribution in [-0.2, 0) is 11.2 Å². The van der Waals surface area contributed by atoms with Crippen molar-refractivity contribution in [1.82, 2.24) is 0 Å². The molecule has 140 valence electrons. The number of hydrogen-bond acceptors (Lipinski definition) is 3. The number of carbonyl (C=O) groups excluding carboxylic acids is 1. The monoisotopic (exact) mass is 381 g/mol. The topological polar surface area (TPSA) is 54.9 Å². The van der Waals surface area contributed by atoms with E-state index in [9.17, 15) is 4.79 Å². The molecule has 0 unspecified atom stereocenters. The van der Waals surface area contributed by atoms with Crippen molar-refractivity contribution in [2.45, 2.75) is 19.4 Å². The van der Waals surface area contributed by atoms with E-state index < -0.39 is 0 Å². The molecule has 1 atom stereocenters. The fourth-order valence-electron chi connectivity index (χ4n) is 3.02. The van der Waals surface area contributed by atoms with E-state index >= 15 is 0 Å². The number of thiophene rings is 1. The average molecular weight is 382 g/mol. The van der Waals surface area contributed by atoms with Gasteiger partial charge in [-0.3, -0.25) is 4.79 Å². The number of nitrogens with one attached hydrogen (secondary N) is 1. The van der Waals surface area contributed by atoms with E-state index in [0.717, 1.165) is 6.42 Å². The summed E-state index contributed by atoms with van der Waals surface area (Å²) in [5.41, 5.74) is 3.22. The van der Waals surface area contributed by atoms with Gasteiger partial charge in [0, 0.05) is 5.56 Å². The van der Waals surface area contributed by atoms with Crippen molar-refractivity contribution in [3.05, 3.63) is 82.0 Å². The molecular weight excluding hydrogens is 356 g/mol. The van der Waals surface area contributed by atoms with Gasteiger partial charge in [0.25, 0.3) is 5.91 Å². The first-order valence-corrected chi connectivity index (χ1v) is 9.97. The van der Waals surface area contributed by atoms with Gasteiger partial charge in [0.15, 0.2) is 6.54 Å². The number of quaternary nitrogens is 1. The number of aryl methyl sites for hydroxylation is 1. The number of ether oxygens (including phenoxy) is 1. The maximum absolute atomic E-state index is 12.5. The lowest BCUT2D eigenvalue weighted by Gasteiger charge is -2.16. The van der Waals surface area contributed by atoms with Crippen LogP contribution in [0.3, 0.4) is 0 Å². The largest absolute Gasteiger partial charge is 0.495 e. The van der Waals surface area contributed by atoms with Crippen molar-refractivity contribution < 1.29 is 14.8 Å². The van der Waals surface area contributed by atoms with E-state index in [4.69, 9.17) is 4.74 Å². The van der Waals surface area contributed by atoms with Gasteiger partial charge in [-0.1, -0.05) is 49.4 Å². The van der Waals surface area contributed by atoms with Gasteiger partial charge in [-0.2, -0.15) is 0 Å². The molecule has 27 heavy (non-hydrogen) atoms. The van der Waals surface area contributed by atoms with Crippen LogP contribution in [0.25, 0.3) is 0 Å². The highest BCUT2D eigenvalue weighted by Crippen LogP contribution is 2.24. The summed E-state index contributed by atoms with van der Waals surface area (Å²) in [5.74, 6) is 0.613. The Kier molecular flexibility index (Phi) is 6.63. The van der Waals surface area contributed by atoms with E-state index in [1.807, 2.05) is 24.3 Å². The Hall–Kier alpha value is -2.63. The van der Waals surface area contributed by atoms with Gasteiger partial charge in [0.2, 0.25) is 0 Å². The lowest BCUT2D eigenvalue weighted by atomic mass is 10.0. The van der Waals surface area contributed by atoms with Crippen molar-refractivity contribution in [2.24, 2.45) is 0 Å². The maximum Gasteiger partial charge on any atom is 0.279 e. The van der Waals surface area contributed by atoms with E-state index in [-0.39, 0.29) is 11.9 Å². The zero-order chi connectivity index (χ0) is 19.1. The van der Waals surface area contributed by atoms with E-state index in [0.29, 0.717) is 18.0 Å². The maximum atomic E-state index is 12.5. The van der Waals surface area contributed by atoms with Crippen molar-refractivity contribution >= 4 is 22.9 Å². The Morgan fingerprint density at radius 1 is 1.11 bits per heavy atom. The number of hydrogen-bond donors (Lipinski definition) is 2. The van der Waals surface area contributed by atoms with E-state index in [1.165, 1.54) is 16.0 Å². The number of benzene rings is 2. The minimum absolute atomic E-state index is 0.0498. The van der Waals surface area contributed by atoms with Crippen LogP contribution in [-0.4, -0.2) is 19.6 Å². The van der Waals surface area contributed by atoms with Gasteiger partial charge in [-0.05, 0) is 35.6 Å². The smallest absolute Gasteiger partial charge is 0.279 e. The van der Waals surface area contributed by atoms with Crippen LogP contribution in [0.1, 0.15) is 29.0 Å². The number of rotatable bonds is 8. The molecule has 0 spiro atoms. The summed E-state index contributed by atoms with van der Waals surface area (Å²) >= 11 is 1.71. The van der Waals surface area contributed by atoms with Crippen molar-refractivity contribution in [1.29, 1.82) is 0 Å². The molecule has 4 nitrogen and oxygen atoms in total. The van der Waals surface area contributed by atoms with E-state index in [1.54, 1.807) is 18.4 Å². The van der Waals surface area contributed by atoms with Gasteiger partial charge < -0.3 is 15.4 Å². The molecule has 0 fully saturated rings. The third kappa shape index (κ3) is 4.96. The molecule has 0 bridgehead atoms. The molecule has 3 aromatic rings. The van der Waals surface area contributed by atoms with Crippen LogP contribution in [0.15, 0.2) is 66.0 Å². The SMILES string of the molecule is CCc1ccc([C@H]([NH2+]CC(=O)Nc2ccccc2OC)c2cccs2)cc1. The van der Waals surface area contributed by atoms with E-state index in [2.05, 4.69) is 59.3 Å². The number of nitrogens with two attached hydrogens (primary N) is 1. The quantitative estimate of drug-likeness (QED) is 0.626. The fourth-order valence-corrected chi connectivity index (χ4v) is 3.87. The molecule has 0 saturated carbocycles. The molecule has 3 rings (SSSR count). The van der Waals surface area contributed by atoms with Gasteiger partial charge in [-0.25, -0.2) is 0 Å². The first-order valence-electron chi connectivity index (χ1n) is 9.09. The molecule has 1 aromatic heterocycles. The van der Waals surface area contributed by atoms with Crippen molar-refractivity contribution in [3.8, 4) is 5.75 Å². The number of carbonyl (C=O) groups is 1. The minimum Gasteiger partial charge on any atom is -0.495 e. The van der Waals surface area contributed by atoms with Crippen molar-refractivity contribution in [2.75, 3.05) is 19.0 Å². The first-order chi connectivity index (χ1) is 13.2. The predicted molar refractivity (Wildman–Crippen MR) is 110 cm³/mol. The van der Waals surface area contributed by atoms with Gasteiger partial charge in [0.05, 0.1) is 17.7 Å². The van der Waals surface area contributed by atoms with Gasteiger partial charge in [0.1, 0.15) is 11.8 Å². The number of anilines is 1. The molecule has 0 aliphatic carbocycles. The molecular formula is C22H25N2O2S+. The molecule has 3 N–H and O–H groups in total. The number of amides is 1. The van der Waals surface area contributed by atoms with Crippen LogP contribution in [0.5, 0.6) is 5.75 Å². The molecule has 0 saturated heterocycles. The second-order valence-electron chi connectivity index (χ2n) is 6.28. The molecule has 0 radical (unpaired) electrons. The Morgan fingerprint density at radius 3 is 2.56 bits per heavy atom. The van der Waals surface area contributed by atoms with Crippen LogP contribution in [0.2, 0.25) is 0 Å². The average Bonchev–Trinajstić information content (AvgIpc) is 3.23. The molecule has 1 amide bonds. The summed E-state index contributed by atoms with van der Waals surface area (Å²) in [6, 6.07) is 20.4. The summed E-state index contributed by atoms with van der Waals surface area (Å²) in [4.78, 5) is 13.7. The Balaban J connectivity index is 1.70. The van der Waals surface area contributed by atoms with Crippen molar-refractivity contribution in [3.63, 3.8) is 0 Å². The number of para-hydroxylation sites is 2. The van der Waals surface area contributed by atoms with Crippen LogP contribution >= 0.6 is 11.3 Å². The zero-order valence-electron chi connectivity index (χ0n) is 15.6. The molecule has 0 aliphatic heterocycles. The van der Waals surface area contributed by atoms with Gasteiger partial charge >= 0.3 is 0 Å². The summed E-state index contributed by atoms with van der Waals surface area (Å²) in [5, 5.41) is 7.10. The molecule has 0 aliphatic rings. The second-order valence-corrected chi connectivity index (χ2v) is 7.26. The predicted octanol–water partition coefficient (Wildman–Crippen LogP) is 3.61. The highest BCUT2D eigenvalue weighted by atomic mass is 32.1.